The summed E-state index contributed by atoms with van der Waals surface area (Å²) in [5.74, 6) is 0. The third-order valence-electron chi connectivity index (χ3n) is 3.74. The summed E-state index contributed by atoms with van der Waals surface area (Å²) in [6, 6.07) is 1.44. The van der Waals surface area contributed by atoms with Crippen molar-refractivity contribution in [2.75, 3.05) is 44.7 Å². The summed E-state index contributed by atoms with van der Waals surface area (Å²) < 4.78 is 5.23. The van der Waals surface area contributed by atoms with Gasteiger partial charge in [0.05, 0.1) is 40.1 Å². The number of ether oxygens (including phenoxy) is 1. The fourth-order valence-electron chi connectivity index (χ4n) is 2.51. The number of nitrogens with zero attached hydrogens (tertiary/aromatic N) is 4. The van der Waals surface area contributed by atoms with Crippen molar-refractivity contribution in [1.82, 2.24) is 4.90 Å². The van der Waals surface area contributed by atoms with Gasteiger partial charge in [-0.25, -0.2) is 0 Å². The number of anilines is 1. The lowest BCUT2D eigenvalue weighted by atomic mass is 10.2. The van der Waals surface area contributed by atoms with E-state index >= 15 is 0 Å². The molecule has 1 aliphatic heterocycles. The summed E-state index contributed by atoms with van der Waals surface area (Å²) in [7, 11) is 0. The van der Waals surface area contributed by atoms with E-state index in [9.17, 15) is 30.3 Å². The maximum Gasteiger partial charge on any atom is 0.306 e. The van der Waals surface area contributed by atoms with E-state index in [1.165, 1.54) is 0 Å². The average Bonchev–Trinajstić information content (AvgIpc) is 2.58. The SMILES string of the molecule is O=[N+]([O-])c1cc([N+](=O)[O-])c(NCCCN2CCOCC2)c([N+](=O)[O-])c1. The first-order valence-electron chi connectivity index (χ1n) is 7.55. The van der Waals surface area contributed by atoms with Crippen molar-refractivity contribution in [2.45, 2.75) is 6.42 Å². The second-order valence-corrected chi connectivity index (χ2v) is 5.36. The van der Waals surface area contributed by atoms with Gasteiger partial charge in [-0.2, -0.15) is 0 Å². The first-order chi connectivity index (χ1) is 11.9. The topological polar surface area (TPSA) is 154 Å². The van der Waals surface area contributed by atoms with Gasteiger partial charge in [0.25, 0.3) is 5.69 Å². The van der Waals surface area contributed by atoms with E-state index < -0.39 is 31.8 Å². The highest BCUT2D eigenvalue weighted by atomic mass is 16.6. The molecule has 0 atom stereocenters. The van der Waals surface area contributed by atoms with E-state index in [4.69, 9.17) is 4.74 Å². The van der Waals surface area contributed by atoms with Crippen LogP contribution in [0.1, 0.15) is 6.42 Å². The molecule has 0 spiro atoms. The minimum Gasteiger partial charge on any atom is -0.379 e. The lowest BCUT2D eigenvalue weighted by molar-refractivity contribution is -0.401. The van der Waals surface area contributed by atoms with Crippen LogP contribution in [0.4, 0.5) is 22.7 Å². The van der Waals surface area contributed by atoms with Crippen LogP contribution in [0.3, 0.4) is 0 Å². The second-order valence-electron chi connectivity index (χ2n) is 5.36. The fourth-order valence-corrected chi connectivity index (χ4v) is 2.51. The average molecular weight is 355 g/mol. The second kappa shape index (κ2) is 8.30. The summed E-state index contributed by atoms with van der Waals surface area (Å²) in [5.41, 5.74) is -2.39. The van der Waals surface area contributed by atoms with Crippen molar-refractivity contribution in [3.8, 4) is 0 Å². The van der Waals surface area contributed by atoms with E-state index in [-0.39, 0.29) is 12.2 Å². The van der Waals surface area contributed by atoms with Crippen molar-refractivity contribution in [2.24, 2.45) is 0 Å². The van der Waals surface area contributed by atoms with Crippen molar-refractivity contribution < 1.29 is 19.5 Å². The number of nitrogens with one attached hydrogen (secondary N) is 1. The van der Waals surface area contributed by atoms with Crippen molar-refractivity contribution in [1.29, 1.82) is 0 Å². The summed E-state index contributed by atoms with van der Waals surface area (Å²) >= 11 is 0. The first kappa shape index (κ1) is 18.5. The molecule has 0 aromatic heterocycles. The zero-order chi connectivity index (χ0) is 18.4. The van der Waals surface area contributed by atoms with Crippen LogP contribution in [0.25, 0.3) is 0 Å². The van der Waals surface area contributed by atoms with Gasteiger partial charge >= 0.3 is 11.4 Å². The number of hydrogen-bond acceptors (Lipinski definition) is 9. The van der Waals surface area contributed by atoms with Crippen LogP contribution >= 0.6 is 0 Å². The molecule has 25 heavy (non-hydrogen) atoms. The van der Waals surface area contributed by atoms with Gasteiger partial charge in [0.15, 0.2) is 5.69 Å². The quantitative estimate of drug-likeness (QED) is 0.415. The maximum atomic E-state index is 11.1. The van der Waals surface area contributed by atoms with Crippen LogP contribution in [0.5, 0.6) is 0 Å². The van der Waals surface area contributed by atoms with E-state index in [0.717, 1.165) is 25.2 Å². The van der Waals surface area contributed by atoms with Gasteiger partial charge in [-0.15, -0.1) is 0 Å². The third-order valence-corrected chi connectivity index (χ3v) is 3.74. The highest BCUT2D eigenvalue weighted by molar-refractivity contribution is 5.77. The van der Waals surface area contributed by atoms with Crippen molar-refractivity contribution in [3.63, 3.8) is 0 Å². The molecule has 0 amide bonds. The Morgan fingerprint density at radius 3 is 2.04 bits per heavy atom. The Morgan fingerprint density at radius 2 is 1.56 bits per heavy atom. The van der Waals surface area contributed by atoms with Gasteiger partial charge in [0.1, 0.15) is 0 Å². The number of nitro benzene ring substituents is 3. The molecular weight excluding hydrogens is 338 g/mol. The van der Waals surface area contributed by atoms with Gasteiger partial charge in [-0.3, -0.25) is 35.2 Å². The number of nitro groups is 3. The molecule has 1 heterocycles. The van der Waals surface area contributed by atoms with Crippen LogP contribution in [0.15, 0.2) is 12.1 Å². The Bertz CT molecular complexity index is 640. The number of hydrogen-bond donors (Lipinski definition) is 1. The lowest BCUT2D eigenvalue weighted by Gasteiger charge is -2.26. The van der Waals surface area contributed by atoms with Crippen molar-refractivity contribution in [3.05, 3.63) is 42.5 Å². The van der Waals surface area contributed by atoms with E-state index in [2.05, 4.69) is 10.2 Å². The third kappa shape index (κ3) is 4.81. The molecule has 12 nitrogen and oxygen atoms in total. The molecule has 0 aliphatic carbocycles. The fraction of sp³-hybridized carbons (Fsp3) is 0.538. The molecule has 1 N–H and O–H groups in total. The molecule has 1 aromatic rings. The van der Waals surface area contributed by atoms with E-state index in [1.54, 1.807) is 0 Å². The lowest BCUT2D eigenvalue weighted by Crippen LogP contribution is -2.37. The Hall–Kier alpha value is -2.86. The van der Waals surface area contributed by atoms with Crippen LogP contribution < -0.4 is 5.32 Å². The monoisotopic (exact) mass is 355 g/mol. The largest absolute Gasteiger partial charge is 0.379 e. The molecule has 12 heteroatoms. The van der Waals surface area contributed by atoms with Gasteiger partial charge in [0, 0.05) is 19.6 Å². The van der Waals surface area contributed by atoms with Gasteiger partial charge < -0.3 is 10.1 Å². The van der Waals surface area contributed by atoms with E-state index in [1.807, 2.05) is 0 Å². The molecule has 0 unspecified atom stereocenters. The van der Waals surface area contributed by atoms with Crippen LogP contribution in [-0.4, -0.2) is 59.1 Å². The number of non-ortho nitro benzene ring substituents is 1. The molecule has 1 fully saturated rings. The minimum absolute atomic E-state index is 0.261. The molecule has 0 bridgehead atoms. The molecule has 1 saturated heterocycles. The number of morpholine rings is 1. The van der Waals surface area contributed by atoms with Crippen LogP contribution in [0, 0.1) is 30.3 Å². The summed E-state index contributed by atoms with van der Waals surface area (Å²) in [6.07, 6.45) is 0.602. The Kier molecular flexibility index (Phi) is 6.14. The molecule has 0 radical (unpaired) electrons. The molecular formula is C13H17N5O7. The summed E-state index contributed by atoms with van der Waals surface area (Å²) in [5, 5.41) is 35.8. The zero-order valence-corrected chi connectivity index (χ0v) is 13.3. The minimum atomic E-state index is -0.901. The summed E-state index contributed by atoms with van der Waals surface area (Å²) in [4.78, 5) is 32.6. The van der Waals surface area contributed by atoms with Crippen molar-refractivity contribution >= 4 is 22.7 Å². The predicted octanol–water partition coefficient (Wildman–Crippen LogP) is 1.55. The highest BCUT2D eigenvalue weighted by Gasteiger charge is 2.30. The standard InChI is InChI=1S/C13H17N5O7/c19-16(20)10-8-11(17(21)22)13(12(9-10)18(23)24)14-2-1-3-15-4-6-25-7-5-15/h8-9,14H,1-7H2. The number of rotatable bonds is 8. The predicted molar refractivity (Wildman–Crippen MR) is 86.8 cm³/mol. The molecule has 1 aromatic carbocycles. The molecule has 136 valence electrons. The molecule has 2 rings (SSSR count). The van der Waals surface area contributed by atoms with E-state index in [0.29, 0.717) is 26.2 Å². The summed E-state index contributed by atoms with van der Waals surface area (Å²) in [6.45, 7) is 3.84. The highest BCUT2D eigenvalue weighted by Crippen LogP contribution is 2.38. The van der Waals surface area contributed by atoms with Gasteiger partial charge in [-0.1, -0.05) is 0 Å². The zero-order valence-electron chi connectivity index (χ0n) is 13.3. The van der Waals surface area contributed by atoms with Gasteiger partial charge in [-0.05, 0) is 13.0 Å². The molecule has 0 saturated carbocycles. The molecule has 1 aliphatic rings. The first-order valence-corrected chi connectivity index (χ1v) is 7.55. The maximum absolute atomic E-state index is 11.1. The van der Waals surface area contributed by atoms with Gasteiger partial charge in [0.2, 0.25) is 0 Å². The van der Waals surface area contributed by atoms with Crippen LogP contribution in [0.2, 0.25) is 0 Å². The smallest absolute Gasteiger partial charge is 0.306 e. The van der Waals surface area contributed by atoms with Crippen LogP contribution in [-0.2, 0) is 4.74 Å². The normalized spacial score (nSPS) is 14.9. The number of benzene rings is 1. The Balaban J connectivity index is 2.12. The Labute approximate surface area is 141 Å². The Morgan fingerprint density at radius 1 is 1.00 bits per heavy atom.